The minimum absolute atomic E-state index is 0.102. The third-order valence-electron chi connectivity index (χ3n) is 3.22. The summed E-state index contributed by atoms with van der Waals surface area (Å²) in [5, 5.41) is 10.8. The lowest BCUT2D eigenvalue weighted by atomic mass is 10.1. The molecule has 0 aromatic heterocycles. The standard InChI is InChI=1S/C17H21NO5/c1-3-4-5-6-10-23-17(20)16(13(2)19)12-14-8-7-9-15(11-14)18(21)22/h7-9,11-12H,3-6,10H2,1-2H3. The highest BCUT2D eigenvalue weighted by Gasteiger charge is 2.16. The Morgan fingerprint density at radius 2 is 2.00 bits per heavy atom. The largest absolute Gasteiger partial charge is 0.462 e. The SMILES string of the molecule is CCCCCCOC(=O)C(=Cc1cccc([N+](=O)[O-])c1)C(C)=O. The van der Waals surface area contributed by atoms with Gasteiger partial charge in [0.15, 0.2) is 5.78 Å². The van der Waals surface area contributed by atoms with Gasteiger partial charge in [0.25, 0.3) is 5.69 Å². The lowest BCUT2D eigenvalue weighted by molar-refractivity contribution is -0.384. The number of Topliss-reactive ketones (excluding diaryl/α,β-unsaturated/α-hetero) is 1. The summed E-state index contributed by atoms with van der Waals surface area (Å²) in [6.45, 7) is 3.61. The fraction of sp³-hybridized carbons (Fsp3) is 0.412. The Morgan fingerprint density at radius 3 is 2.61 bits per heavy atom. The Balaban J connectivity index is 2.81. The second-order valence-electron chi connectivity index (χ2n) is 5.16. The van der Waals surface area contributed by atoms with Crippen LogP contribution in [0.2, 0.25) is 0 Å². The monoisotopic (exact) mass is 319 g/mol. The Bertz CT molecular complexity index is 607. The van der Waals surface area contributed by atoms with Crippen LogP contribution in [0.4, 0.5) is 5.69 Å². The molecule has 0 N–H and O–H groups in total. The van der Waals surface area contributed by atoms with Gasteiger partial charge in [-0.3, -0.25) is 14.9 Å². The molecule has 0 amide bonds. The van der Waals surface area contributed by atoms with Crippen LogP contribution < -0.4 is 0 Å². The molecular weight excluding hydrogens is 298 g/mol. The summed E-state index contributed by atoms with van der Waals surface area (Å²) in [4.78, 5) is 33.9. The quantitative estimate of drug-likeness (QED) is 0.132. The van der Waals surface area contributed by atoms with E-state index in [1.165, 1.54) is 31.2 Å². The van der Waals surface area contributed by atoms with E-state index in [0.717, 1.165) is 25.7 Å². The van der Waals surface area contributed by atoms with E-state index in [1.807, 2.05) is 0 Å². The highest BCUT2D eigenvalue weighted by atomic mass is 16.6. The first-order valence-electron chi connectivity index (χ1n) is 7.60. The van der Waals surface area contributed by atoms with Gasteiger partial charge < -0.3 is 4.74 Å². The maximum atomic E-state index is 12.0. The molecule has 0 unspecified atom stereocenters. The number of hydrogen-bond donors (Lipinski definition) is 0. The molecule has 1 aromatic carbocycles. The lowest BCUT2D eigenvalue weighted by Crippen LogP contribution is -2.14. The van der Waals surface area contributed by atoms with Gasteiger partial charge in [-0.2, -0.15) is 0 Å². The normalized spacial score (nSPS) is 11.1. The Morgan fingerprint density at radius 1 is 1.26 bits per heavy atom. The fourth-order valence-electron chi connectivity index (χ4n) is 1.97. The number of unbranched alkanes of at least 4 members (excludes halogenated alkanes) is 3. The van der Waals surface area contributed by atoms with Crippen molar-refractivity contribution in [3.63, 3.8) is 0 Å². The number of benzene rings is 1. The Labute approximate surface area is 135 Å². The summed E-state index contributed by atoms with van der Waals surface area (Å²) in [5.41, 5.74) is 0.197. The number of ketones is 1. The average Bonchev–Trinajstić information content (AvgIpc) is 2.52. The van der Waals surface area contributed by atoms with Gasteiger partial charge in [-0.15, -0.1) is 0 Å². The summed E-state index contributed by atoms with van der Waals surface area (Å²) in [6.07, 6.45) is 5.19. The fourth-order valence-corrected chi connectivity index (χ4v) is 1.97. The molecule has 0 bridgehead atoms. The van der Waals surface area contributed by atoms with Crippen LogP contribution in [0.1, 0.15) is 45.1 Å². The molecule has 6 nitrogen and oxygen atoms in total. The summed E-state index contributed by atoms with van der Waals surface area (Å²) < 4.78 is 5.10. The lowest BCUT2D eigenvalue weighted by Gasteiger charge is -2.06. The smallest absolute Gasteiger partial charge is 0.341 e. The van der Waals surface area contributed by atoms with Gasteiger partial charge in [-0.1, -0.05) is 38.3 Å². The highest BCUT2D eigenvalue weighted by Crippen LogP contribution is 2.16. The van der Waals surface area contributed by atoms with E-state index in [1.54, 1.807) is 6.07 Å². The van der Waals surface area contributed by atoms with Crippen molar-refractivity contribution in [1.29, 1.82) is 0 Å². The third-order valence-corrected chi connectivity index (χ3v) is 3.22. The van der Waals surface area contributed by atoms with Crippen molar-refractivity contribution in [3.05, 3.63) is 45.5 Å². The summed E-state index contributed by atoms with van der Waals surface area (Å²) in [6, 6.07) is 5.73. The molecule has 1 rings (SSSR count). The van der Waals surface area contributed by atoms with Crippen LogP contribution in [0.5, 0.6) is 0 Å². The molecule has 1 aromatic rings. The van der Waals surface area contributed by atoms with Gasteiger partial charge in [0, 0.05) is 12.1 Å². The molecule has 0 aliphatic carbocycles. The van der Waals surface area contributed by atoms with Gasteiger partial charge >= 0.3 is 5.97 Å². The van der Waals surface area contributed by atoms with Crippen molar-refractivity contribution in [2.45, 2.75) is 39.5 Å². The number of hydrogen-bond acceptors (Lipinski definition) is 5. The van der Waals surface area contributed by atoms with E-state index < -0.39 is 16.7 Å². The van der Waals surface area contributed by atoms with E-state index >= 15 is 0 Å². The van der Waals surface area contributed by atoms with Crippen LogP contribution in [-0.4, -0.2) is 23.3 Å². The average molecular weight is 319 g/mol. The van der Waals surface area contributed by atoms with Crippen molar-refractivity contribution in [2.75, 3.05) is 6.61 Å². The van der Waals surface area contributed by atoms with Crippen LogP contribution in [0.3, 0.4) is 0 Å². The molecule has 0 aliphatic rings. The molecule has 0 saturated carbocycles. The molecule has 0 heterocycles. The van der Waals surface area contributed by atoms with Crippen molar-refractivity contribution < 1.29 is 19.2 Å². The first kappa shape index (κ1) is 18.5. The molecule has 23 heavy (non-hydrogen) atoms. The summed E-state index contributed by atoms with van der Waals surface area (Å²) in [5.74, 6) is -1.13. The van der Waals surface area contributed by atoms with Crippen LogP contribution in [0.25, 0.3) is 6.08 Å². The van der Waals surface area contributed by atoms with Crippen molar-refractivity contribution in [2.24, 2.45) is 0 Å². The maximum absolute atomic E-state index is 12.0. The van der Waals surface area contributed by atoms with Gasteiger partial charge in [0.1, 0.15) is 5.57 Å². The highest BCUT2D eigenvalue weighted by molar-refractivity contribution is 6.19. The molecule has 0 aliphatic heterocycles. The predicted molar refractivity (Wildman–Crippen MR) is 86.9 cm³/mol. The first-order chi connectivity index (χ1) is 11.0. The van der Waals surface area contributed by atoms with Crippen LogP contribution >= 0.6 is 0 Å². The molecule has 0 radical (unpaired) electrons. The molecule has 124 valence electrons. The van der Waals surface area contributed by atoms with Crippen molar-refractivity contribution in [3.8, 4) is 0 Å². The number of carbonyl (C=O) groups excluding carboxylic acids is 2. The number of nitrogens with zero attached hydrogens (tertiary/aromatic N) is 1. The van der Waals surface area contributed by atoms with Crippen LogP contribution in [0.15, 0.2) is 29.8 Å². The minimum Gasteiger partial charge on any atom is -0.462 e. The summed E-state index contributed by atoms with van der Waals surface area (Å²) >= 11 is 0. The Kier molecular flexibility index (Phi) is 7.66. The van der Waals surface area contributed by atoms with Gasteiger partial charge in [-0.05, 0) is 25.0 Å². The second-order valence-corrected chi connectivity index (χ2v) is 5.16. The number of ether oxygens (including phenoxy) is 1. The number of esters is 1. The number of rotatable bonds is 9. The molecule has 0 fully saturated rings. The first-order valence-corrected chi connectivity index (χ1v) is 7.60. The number of non-ortho nitro benzene ring substituents is 1. The van der Waals surface area contributed by atoms with Crippen LogP contribution in [0, 0.1) is 10.1 Å². The molecule has 0 atom stereocenters. The van der Waals surface area contributed by atoms with E-state index in [9.17, 15) is 19.7 Å². The van der Waals surface area contributed by atoms with E-state index in [0.29, 0.717) is 5.56 Å². The molecular formula is C17H21NO5. The molecule has 0 spiro atoms. The second kappa shape index (κ2) is 9.50. The Hall–Kier alpha value is -2.50. The van der Waals surface area contributed by atoms with Gasteiger partial charge in [-0.25, -0.2) is 4.79 Å². The van der Waals surface area contributed by atoms with E-state index in [2.05, 4.69) is 6.92 Å². The zero-order valence-electron chi connectivity index (χ0n) is 13.4. The van der Waals surface area contributed by atoms with Crippen LogP contribution in [-0.2, 0) is 14.3 Å². The maximum Gasteiger partial charge on any atom is 0.341 e. The predicted octanol–water partition coefficient (Wildman–Crippen LogP) is 3.69. The third kappa shape index (κ3) is 6.42. The number of carbonyl (C=O) groups is 2. The van der Waals surface area contributed by atoms with Crippen molar-refractivity contribution in [1.82, 2.24) is 0 Å². The summed E-state index contributed by atoms with van der Waals surface area (Å²) in [7, 11) is 0. The van der Waals surface area contributed by atoms with Crippen molar-refractivity contribution >= 4 is 23.5 Å². The number of nitro groups is 1. The number of nitro benzene ring substituents is 1. The van der Waals surface area contributed by atoms with Gasteiger partial charge in [0.2, 0.25) is 0 Å². The zero-order chi connectivity index (χ0) is 17.2. The topological polar surface area (TPSA) is 86.5 Å². The molecule has 6 heteroatoms. The van der Waals surface area contributed by atoms with Gasteiger partial charge in [0.05, 0.1) is 11.5 Å². The van der Waals surface area contributed by atoms with E-state index in [-0.39, 0.29) is 17.9 Å². The zero-order valence-corrected chi connectivity index (χ0v) is 13.4. The van der Waals surface area contributed by atoms with E-state index in [4.69, 9.17) is 4.74 Å². The molecule has 0 saturated heterocycles. The minimum atomic E-state index is -0.694.